The number of aliphatic hydroxyl groups is 1. The fourth-order valence-corrected chi connectivity index (χ4v) is 2.56. The molecule has 0 fully saturated rings. The van der Waals surface area contributed by atoms with Crippen molar-refractivity contribution in [3.63, 3.8) is 0 Å². The number of hydrogen-bond donors (Lipinski definition) is 2. The highest BCUT2D eigenvalue weighted by Gasteiger charge is 2.38. The van der Waals surface area contributed by atoms with Gasteiger partial charge < -0.3 is 10.4 Å². The van der Waals surface area contributed by atoms with Crippen LogP contribution in [0.15, 0.2) is 12.1 Å². The van der Waals surface area contributed by atoms with Crippen LogP contribution in [0.2, 0.25) is 0 Å². The van der Waals surface area contributed by atoms with E-state index in [-0.39, 0.29) is 29.0 Å². The highest BCUT2D eigenvalue weighted by atomic mass is 32.2. The number of thioether (sulfide) groups is 1. The molecule has 19 heavy (non-hydrogen) atoms. The first-order valence-electron chi connectivity index (χ1n) is 5.53. The summed E-state index contributed by atoms with van der Waals surface area (Å²) in [5.41, 5.74) is -0.765. The van der Waals surface area contributed by atoms with Crippen LogP contribution in [0, 0.1) is 0 Å². The Kier molecular flexibility index (Phi) is 3.78. The van der Waals surface area contributed by atoms with Gasteiger partial charge in [0.1, 0.15) is 0 Å². The van der Waals surface area contributed by atoms with Gasteiger partial charge in [0.05, 0.1) is 11.7 Å². The zero-order valence-electron chi connectivity index (χ0n) is 10.0. The van der Waals surface area contributed by atoms with Crippen LogP contribution >= 0.6 is 11.8 Å². The summed E-state index contributed by atoms with van der Waals surface area (Å²) in [5.74, 6) is -0.253. The van der Waals surface area contributed by atoms with Gasteiger partial charge in [-0.2, -0.15) is 24.9 Å². The summed E-state index contributed by atoms with van der Waals surface area (Å²) >= 11 is 1.32. The third-order valence-electron chi connectivity index (χ3n) is 2.96. The van der Waals surface area contributed by atoms with Gasteiger partial charge in [-0.15, -0.1) is 0 Å². The summed E-state index contributed by atoms with van der Waals surface area (Å²) in [5, 5.41) is 12.2. The van der Waals surface area contributed by atoms with E-state index < -0.39 is 23.8 Å². The molecule has 1 aliphatic rings. The summed E-state index contributed by atoms with van der Waals surface area (Å²) < 4.78 is 38.9. The first-order chi connectivity index (χ1) is 8.84. The molecule has 1 aliphatic heterocycles. The van der Waals surface area contributed by atoms with E-state index in [0.717, 1.165) is 6.07 Å². The Morgan fingerprint density at radius 1 is 1.47 bits per heavy atom. The Morgan fingerprint density at radius 3 is 2.74 bits per heavy atom. The van der Waals surface area contributed by atoms with E-state index in [1.807, 2.05) is 0 Å². The predicted octanol–water partition coefficient (Wildman–Crippen LogP) is 2.35. The van der Waals surface area contributed by atoms with Gasteiger partial charge in [0.2, 0.25) is 0 Å². The van der Waals surface area contributed by atoms with E-state index in [2.05, 4.69) is 5.32 Å². The molecule has 0 saturated heterocycles. The van der Waals surface area contributed by atoms with E-state index in [1.54, 1.807) is 6.26 Å². The Morgan fingerprint density at radius 2 is 2.16 bits per heavy atom. The normalized spacial score (nSPS) is 16.2. The van der Waals surface area contributed by atoms with Crippen molar-refractivity contribution in [1.82, 2.24) is 5.32 Å². The van der Waals surface area contributed by atoms with Gasteiger partial charge in [-0.05, 0) is 29.5 Å². The van der Waals surface area contributed by atoms with Crippen LogP contribution in [0.25, 0.3) is 0 Å². The van der Waals surface area contributed by atoms with Crippen molar-refractivity contribution in [1.29, 1.82) is 0 Å². The maximum atomic E-state index is 13.0. The van der Waals surface area contributed by atoms with Crippen LogP contribution in [0.5, 0.6) is 0 Å². The SMILES string of the molecule is CSCC(O)c1cc2c(c(C(F)(F)F)c1)CNC2=O. The molecular weight excluding hydrogens is 279 g/mol. The lowest BCUT2D eigenvalue weighted by molar-refractivity contribution is -0.138. The number of benzene rings is 1. The lowest BCUT2D eigenvalue weighted by Crippen LogP contribution is -2.12. The van der Waals surface area contributed by atoms with Crippen molar-refractivity contribution in [2.75, 3.05) is 12.0 Å². The summed E-state index contributed by atoms with van der Waals surface area (Å²) in [7, 11) is 0. The maximum absolute atomic E-state index is 13.0. The lowest BCUT2D eigenvalue weighted by atomic mass is 9.97. The van der Waals surface area contributed by atoms with Gasteiger partial charge in [-0.3, -0.25) is 4.79 Å². The predicted molar refractivity (Wildman–Crippen MR) is 66.0 cm³/mol. The Hall–Kier alpha value is -1.21. The molecule has 1 atom stereocenters. The van der Waals surface area contributed by atoms with Crippen molar-refractivity contribution < 1.29 is 23.1 Å². The molecule has 0 saturated carbocycles. The van der Waals surface area contributed by atoms with Crippen LogP contribution in [0.3, 0.4) is 0 Å². The van der Waals surface area contributed by atoms with Gasteiger partial charge >= 0.3 is 6.18 Å². The summed E-state index contributed by atoms with van der Waals surface area (Å²) in [6.45, 7) is -0.123. The zero-order chi connectivity index (χ0) is 14.2. The first-order valence-corrected chi connectivity index (χ1v) is 6.93. The Balaban J connectivity index is 2.55. The van der Waals surface area contributed by atoms with Crippen LogP contribution in [-0.2, 0) is 12.7 Å². The molecule has 104 valence electrons. The molecule has 1 unspecified atom stereocenters. The van der Waals surface area contributed by atoms with E-state index in [1.165, 1.54) is 17.8 Å². The van der Waals surface area contributed by atoms with Crippen LogP contribution in [0.4, 0.5) is 13.2 Å². The number of amides is 1. The maximum Gasteiger partial charge on any atom is 0.416 e. The van der Waals surface area contributed by atoms with Crippen LogP contribution in [0.1, 0.15) is 33.2 Å². The molecule has 2 rings (SSSR count). The molecule has 1 aromatic carbocycles. The minimum Gasteiger partial charge on any atom is -0.388 e. The number of fused-ring (bicyclic) bond motifs is 1. The number of carbonyl (C=O) groups excluding carboxylic acids is 1. The van der Waals surface area contributed by atoms with E-state index in [4.69, 9.17) is 0 Å². The lowest BCUT2D eigenvalue weighted by Gasteiger charge is -2.16. The highest BCUT2D eigenvalue weighted by molar-refractivity contribution is 7.98. The van der Waals surface area contributed by atoms with Crippen molar-refractivity contribution in [2.24, 2.45) is 0 Å². The van der Waals surface area contributed by atoms with Crippen molar-refractivity contribution in [3.8, 4) is 0 Å². The van der Waals surface area contributed by atoms with Gasteiger partial charge in [-0.1, -0.05) is 0 Å². The minimum atomic E-state index is -4.54. The number of aliphatic hydroxyl groups excluding tert-OH is 1. The second-order valence-electron chi connectivity index (χ2n) is 4.25. The molecule has 0 aliphatic carbocycles. The zero-order valence-corrected chi connectivity index (χ0v) is 10.9. The molecule has 2 N–H and O–H groups in total. The third-order valence-corrected chi connectivity index (χ3v) is 3.61. The molecule has 1 aromatic rings. The molecule has 3 nitrogen and oxygen atoms in total. The molecule has 0 aromatic heterocycles. The molecule has 0 bridgehead atoms. The fourth-order valence-electron chi connectivity index (χ4n) is 2.05. The number of hydrogen-bond acceptors (Lipinski definition) is 3. The smallest absolute Gasteiger partial charge is 0.388 e. The third kappa shape index (κ3) is 2.71. The number of halogens is 3. The number of alkyl halides is 3. The largest absolute Gasteiger partial charge is 0.416 e. The summed E-state index contributed by atoms with van der Waals surface area (Å²) in [6.07, 6.45) is -3.81. The highest BCUT2D eigenvalue weighted by Crippen LogP contribution is 2.37. The van der Waals surface area contributed by atoms with E-state index in [0.29, 0.717) is 0 Å². The number of carbonyl (C=O) groups is 1. The number of rotatable bonds is 3. The van der Waals surface area contributed by atoms with Crippen LogP contribution in [-0.4, -0.2) is 23.0 Å². The average Bonchev–Trinajstić information content (AvgIpc) is 2.69. The topological polar surface area (TPSA) is 49.3 Å². The van der Waals surface area contributed by atoms with Crippen molar-refractivity contribution in [2.45, 2.75) is 18.8 Å². The van der Waals surface area contributed by atoms with Gasteiger partial charge in [-0.25, -0.2) is 0 Å². The molecule has 7 heteroatoms. The fraction of sp³-hybridized carbons (Fsp3) is 0.417. The van der Waals surface area contributed by atoms with Gasteiger partial charge in [0, 0.05) is 17.9 Å². The van der Waals surface area contributed by atoms with Crippen LogP contribution < -0.4 is 5.32 Å². The molecule has 1 heterocycles. The first kappa shape index (κ1) is 14.2. The Labute approximate surface area is 112 Å². The standard InChI is InChI=1S/C12H12F3NO2S/c1-19-5-10(17)6-2-7-8(4-16-11(7)18)9(3-6)12(13,14)15/h2-3,10,17H,4-5H2,1H3,(H,16,18). The Bertz CT molecular complexity index is 516. The quantitative estimate of drug-likeness (QED) is 0.898. The molecule has 0 radical (unpaired) electrons. The second-order valence-corrected chi connectivity index (χ2v) is 5.16. The summed E-state index contributed by atoms with van der Waals surface area (Å²) in [4.78, 5) is 11.5. The van der Waals surface area contributed by atoms with Crippen molar-refractivity contribution >= 4 is 17.7 Å². The second kappa shape index (κ2) is 5.05. The summed E-state index contributed by atoms with van der Waals surface area (Å²) in [6, 6.07) is 2.27. The number of nitrogens with one attached hydrogen (secondary N) is 1. The minimum absolute atomic E-state index is 0.00461. The van der Waals surface area contributed by atoms with E-state index in [9.17, 15) is 23.1 Å². The average molecular weight is 291 g/mol. The van der Waals surface area contributed by atoms with Gasteiger partial charge in [0.15, 0.2) is 0 Å². The molecule has 0 spiro atoms. The monoisotopic (exact) mass is 291 g/mol. The molecule has 1 amide bonds. The van der Waals surface area contributed by atoms with Crippen molar-refractivity contribution in [3.05, 3.63) is 34.4 Å². The molecular formula is C12H12F3NO2S. The van der Waals surface area contributed by atoms with Gasteiger partial charge in [0.25, 0.3) is 5.91 Å². The van der Waals surface area contributed by atoms with E-state index >= 15 is 0 Å².